The first-order valence-electron chi connectivity index (χ1n) is 9.12. The Morgan fingerprint density at radius 3 is 2.03 bits per heavy atom. The highest BCUT2D eigenvalue weighted by Crippen LogP contribution is 2.20. The zero-order valence-corrected chi connectivity index (χ0v) is 17.1. The lowest BCUT2D eigenvalue weighted by molar-refractivity contribution is -0.129. The van der Waals surface area contributed by atoms with E-state index in [0.717, 1.165) is 0 Å². The molecule has 0 saturated carbocycles. The summed E-state index contributed by atoms with van der Waals surface area (Å²) in [5, 5.41) is 2.75. The fraction of sp³-hybridized carbons (Fsp3) is 0.300. The van der Waals surface area contributed by atoms with E-state index < -0.39 is 10.0 Å². The van der Waals surface area contributed by atoms with Crippen molar-refractivity contribution in [2.45, 2.75) is 11.8 Å². The summed E-state index contributed by atoms with van der Waals surface area (Å²) in [6, 6.07) is 12.7. The van der Waals surface area contributed by atoms with Gasteiger partial charge in [0, 0.05) is 44.4 Å². The Kier molecular flexibility index (Phi) is 6.19. The van der Waals surface area contributed by atoms with E-state index in [1.54, 1.807) is 36.3 Å². The van der Waals surface area contributed by atoms with Crippen molar-refractivity contribution in [1.29, 1.82) is 0 Å². The van der Waals surface area contributed by atoms with Gasteiger partial charge in [0.2, 0.25) is 15.9 Å². The molecule has 0 unspecified atom stereocenters. The van der Waals surface area contributed by atoms with Crippen molar-refractivity contribution < 1.29 is 22.7 Å². The molecule has 0 radical (unpaired) electrons. The van der Waals surface area contributed by atoms with Crippen LogP contribution in [0.5, 0.6) is 5.75 Å². The Bertz CT molecular complexity index is 980. The first kappa shape index (κ1) is 20.8. The summed E-state index contributed by atoms with van der Waals surface area (Å²) in [7, 11) is -2.11. The molecule has 0 atom stereocenters. The number of nitrogens with zero attached hydrogens (tertiary/aromatic N) is 2. The number of nitrogens with one attached hydrogen (secondary N) is 1. The Morgan fingerprint density at radius 2 is 1.52 bits per heavy atom. The van der Waals surface area contributed by atoms with Gasteiger partial charge in [0.05, 0.1) is 12.0 Å². The van der Waals surface area contributed by atoms with Crippen molar-refractivity contribution in [3.8, 4) is 5.75 Å². The number of hydrogen-bond donors (Lipinski definition) is 1. The number of ether oxygens (including phenoxy) is 1. The molecule has 1 N–H and O–H groups in total. The van der Waals surface area contributed by atoms with Crippen LogP contribution in [0.4, 0.5) is 5.69 Å². The maximum absolute atomic E-state index is 12.8. The molecule has 154 valence electrons. The molecule has 1 aliphatic rings. The number of rotatable bonds is 5. The zero-order chi connectivity index (χ0) is 21.0. The minimum Gasteiger partial charge on any atom is -0.497 e. The number of piperazine rings is 1. The van der Waals surface area contributed by atoms with Crippen LogP contribution >= 0.6 is 0 Å². The van der Waals surface area contributed by atoms with Crippen molar-refractivity contribution in [2.24, 2.45) is 0 Å². The summed E-state index contributed by atoms with van der Waals surface area (Å²) in [6.45, 7) is 2.72. The molecule has 1 fully saturated rings. The van der Waals surface area contributed by atoms with Crippen LogP contribution in [0.25, 0.3) is 0 Å². The second-order valence-electron chi connectivity index (χ2n) is 6.62. The maximum atomic E-state index is 12.8. The first-order chi connectivity index (χ1) is 13.8. The number of sulfonamides is 1. The van der Waals surface area contributed by atoms with E-state index in [2.05, 4.69) is 5.32 Å². The van der Waals surface area contributed by atoms with Crippen molar-refractivity contribution in [1.82, 2.24) is 9.21 Å². The van der Waals surface area contributed by atoms with Crippen LogP contribution in [0.1, 0.15) is 17.3 Å². The predicted molar refractivity (Wildman–Crippen MR) is 108 cm³/mol. The number of carbonyl (C=O) groups excluding carboxylic acids is 2. The van der Waals surface area contributed by atoms with Gasteiger partial charge in [-0.3, -0.25) is 9.59 Å². The van der Waals surface area contributed by atoms with Crippen LogP contribution in [0.2, 0.25) is 0 Å². The average Bonchev–Trinajstić information content (AvgIpc) is 2.74. The topological polar surface area (TPSA) is 96.0 Å². The highest BCUT2D eigenvalue weighted by atomic mass is 32.2. The molecule has 0 aromatic heterocycles. The van der Waals surface area contributed by atoms with Crippen molar-refractivity contribution in [2.75, 3.05) is 38.6 Å². The molecule has 0 bridgehead atoms. The lowest BCUT2D eigenvalue weighted by Crippen LogP contribution is -2.49. The molecule has 2 amide bonds. The number of carbonyl (C=O) groups is 2. The Balaban J connectivity index is 1.67. The normalized spacial score (nSPS) is 15.0. The highest BCUT2D eigenvalue weighted by Gasteiger charge is 2.29. The summed E-state index contributed by atoms with van der Waals surface area (Å²) in [6.07, 6.45) is 0. The molecule has 0 aliphatic carbocycles. The average molecular weight is 417 g/mol. The van der Waals surface area contributed by atoms with Gasteiger partial charge in [-0.1, -0.05) is 0 Å². The third-order valence-electron chi connectivity index (χ3n) is 4.79. The van der Waals surface area contributed by atoms with E-state index in [1.165, 1.54) is 35.5 Å². The monoisotopic (exact) mass is 417 g/mol. The van der Waals surface area contributed by atoms with Crippen LogP contribution in [0.15, 0.2) is 53.4 Å². The molecule has 3 rings (SSSR count). The summed E-state index contributed by atoms with van der Waals surface area (Å²) in [5.74, 6) is 0.283. The molecular formula is C20H23N3O5S. The van der Waals surface area contributed by atoms with E-state index in [1.807, 2.05) is 0 Å². The molecule has 8 nitrogen and oxygen atoms in total. The van der Waals surface area contributed by atoms with Gasteiger partial charge >= 0.3 is 0 Å². The van der Waals surface area contributed by atoms with Gasteiger partial charge in [-0.2, -0.15) is 4.31 Å². The predicted octanol–water partition coefficient (Wildman–Crippen LogP) is 1.80. The van der Waals surface area contributed by atoms with Gasteiger partial charge in [0.1, 0.15) is 5.75 Å². The van der Waals surface area contributed by atoms with E-state index >= 15 is 0 Å². The number of methoxy groups -OCH3 is 1. The minimum atomic E-state index is -3.67. The molecule has 9 heteroatoms. The number of hydrogen-bond acceptors (Lipinski definition) is 5. The number of anilines is 1. The van der Waals surface area contributed by atoms with Crippen LogP contribution in [-0.2, 0) is 14.8 Å². The molecule has 1 saturated heterocycles. The molecule has 2 aromatic rings. The number of benzene rings is 2. The van der Waals surface area contributed by atoms with Gasteiger partial charge in [-0.15, -0.1) is 0 Å². The highest BCUT2D eigenvalue weighted by molar-refractivity contribution is 7.89. The second-order valence-corrected chi connectivity index (χ2v) is 8.56. The molecular weight excluding hydrogens is 394 g/mol. The van der Waals surface area contributed by atoms with Crippen LogP contribution in [0, 0.1) is 0 Å². The Morgan fingerprint density at radius 1 is 0.931 bits per heavy atom. The largest absolute Gasteiger partial charge is 0.497 e. The van der Waals surface area contributed by atoms with Gasteiger partial charge in [-0.25, -0.2) is 8.42 Å². The lowest BCUT2D eigenvalue weighted by atomic mass is 10.2. The first-order valence-corrected chi connectivity index (χ1v) is 10.6. The molecule has 2 aromatic carbocycles. The summed E-state index contributed by atoms with van der Waals surface area (Å²) in [5.41, 5.74) is 0.956. The van der Waals surface area contributed by atoms with Gasteiger partial charge < -0.3 is 15.0 Å². The van der Waals surface area contributed by atoms with E-state index in [0.29, 0.717) is 30.1 Å². The van der Waals surface area contributed by atoms with Gasteiger partial charge in [0.25, 0.3) is 5.91 Å². The fourth-order valence-electron chi connectivity index (χ4n) is 3.05. The van der Waals surface area contributed by atoms with Crippen molar-refractivity contribution >= 4 is 27.5 Å². The quantitative estimate of drug-likeness (QED) is 0.800. The lowest BCUT2D eigenvalue weighted by Gasteiger charge is -2.33. The number of amides is 2. The smallest absolute Gasteiger partial charge is 0.255 e. The maximum Gasteiger partial charge on any atom is 0.255 e. The van der Waals surface area contributed by atoms with Crippen LogP contribution in [0.3, 0.4) is 0 Å². The third-order valence-corrected chi connectivity index (χ3v) is 6.70. The fourth-order valence-corrected chi connectivity index (χ4v) is 4.47. The summed E-state index contributed by atoms with van der Waals surface area (Å²) in [4.78, 5) is 25.5. The van der Waals surface area contributed by atoms with E-state index in [4.69, 9.17) is 4.74 Å². The van der Waals surface area contributed by atoms with E-state index in [9.17, 15) is 18.0 Å². The third kappa shape index (κ3) is 4.75. The van der Waals surface area contributed by atoms with Gasteiger partial charge in [0.15, 0.2) is 0 Å². The Labute approximate surface area is 170 Å². The summed E-state index contributed by atoms with van der Waals surface area (Å²) >= 11 is 0. The van der Waals surface area contributed by atoms with Crippen molar-refractivity contribution in [3.05, 3.63) is 54.1 Å². The summed E-state index contributed by atoms with van der Waals surface area (Å²) < 4.78 is 32.1. The van der Waals surface area contributed by atoms with Crippen LogP contribution < -0.4 is 10.1 Å². The molecule has 1 aliphatic heterocycles. The van der Waals surface area contributed by atoms with Crippen molar-refractivity contribution in [3.63, 3.8) is 0 Å². The Hall–Kier alpha value is -2.91. The zero-order valence-electron chi connectivity index (χ0n) is 16.3. The molecule has 1 heterocycles. The standard InChI is InChI=1S/C20H23N3O5S/c1-15(24)22-11-13-23(14-12-22)29(26,27)19-9-3-16(4-10-19)20(25)21-17-5-7-18(28-2)8-6-17/h3-10H,11-14H2,1-2H3,(H,21,25). The molecule has 0 spiro atoms. The van der Waals surface area contributed by atoms with Gasteiger partial charge in [-0.05, 0) is 48.5 Å². The molecule has 29 heavy (non-hydrogen) atoms. The SMILES string of the molecule is COc1ccc(NC(=O)c2ccc(S(=O)(=O)N3CCN(C(C)=O)CC3)cc2)cc1. The van der Waals surface area contributed by atoms with E-state index in [-0.39, 0.29) is 29.8 Å². The van der Waals surface area contributed by atoms with Crippen LogP contribution in [-0.4, -0.2) is 62.7 Å². The minimum absolute atomic E-state index is 0.0609. The second kappa shape index (κ2) is 8.62.